The van der Waals surface area contributed by atoms with Gasteiger partial charge in [0.2, 0.25) is 11.8 Å². The number of amides is 2. The number of benzene rings is 2. The van der Waals surface area contributed by atoms with Gasteiger partial charge < -0.3 is 20.1 Å². The van der Waals surface area contributed by atoms with Crippen molar-refractivity contribution >= 4 is 34.8 Å². The molecule has 2 N–H and O–H groups in total. The predicted molar refractivity (Wildman–Crippen MR) is 123 cm³/mol. The second-order valence-corrected chi connectivity index (χ2v) is 9.14. The van der Waals surface area contributed by atoms with E-state index in [9.17, 15) is 9.59 Å². The van der Waals surface area contributed by atoms with Gasteiger partial charge in [-0.05, 0) is 62.6 Å². The molecule has 0 aromatic heterocycles. The molecule has 1 spiro atoms. The number of fused-ring (bicyclic) bond motifs is 4. The van der Waals surface area contributed by atoms with Gasteiger partial charge in [0, 0.05) is 28.4 Å². The second-order valence-electron chi connectivity index (χ2n) is 8.70. The molecule has 2 fully saturated rings. The van der Waals surface area contributed by atoms with Crippen molar-refractivity contribution in [3.8, 4) is 11.5 Å². The van der Waals surface area contributed by atoms with Crippen LogP contribution in [0.15, 0.2) is 30.3 Å². The number of hydrogen-bond acceptors (Lipinski definition) is 5. The molecule has 2 aromatic carbocycles. The number of nitrogens with one attached hydrogen (secondary N) is 2. The van der Waals surface area contributed by atoms with Gasteiger partial charge in [-0.1, -0.05) is 11.6 Å². The number of aryl methyl sites for hydroxylation is 1. The van der Waals surface area contributed by atoms with E-state index in [0.717, 1.165) is 36.2 Å². The first-order valence-corrected chi connectivity index (χ1v) is 11.2. The van der Waals surface area contributed by atoms with Crippen LogP contribution in [0.2, 0.25) is 5.02 Å². The van der Waals surface area contributed by atoms with Crippen LogP contribution in [0.5, 0.6) is 11.5 Å². The summed E-state index contributed by atoms with van der Waals surface area (Å²) in [6.45, 7) is 2.70. The lowest BCUT2D eigenvalue weighted by Gasteiger charge is -2.36. The molecule has 3 atom stereocenters. The van der Waals surface area contributed by atoms with Crippen LogP contribution in [-0.2, 0) is 15.1 Å². The summed E-state index contributed by atoms with van der Waals surface area (Å²) in [7, 11) is 3.12. The number of nitrogens with zero attached hydrogens (tertiary/aromatic N) is 1. The molecule has 0 radical (unpaired) electrons. The fourth-order valence-corrected chi connectivity index (χ4v) is 6.06. The van der Waals surface area contributed by atoms with Crippen LogP contribution < -0.4 is 20.1 Å². The first kappa shape index (κ1) is 21.1. The molecule has 0 bridgehead atoms. The molecule has 2 aromatic rings. The Morgan fingerprint density at radius 1 is 1.25 bits per heavy atom. The van der Waals surface area contributed by atoms with Crippen LogP contribution in [0.4, 0.5) is 11.4 Å². The van der Waals surface area contributed by atoms with Gasteiger partial charge in [-0.2, -0.15) is 0 Å². The number of carbonyl (C=O) groups excluding carboxylic acids is 2. The minimum absolute atomic E-state index is 0.153. The Hall–Kier alpha value is -2.77. The molecule has 0 saturated carbocycles. The Labute approximate surface area is 192 Å². The maximum Gasteiger partial charge on any atom is 0.250 e. The summed E-state index contributed by atoms with van der Waals surface area (Å²) in [4.78, 5) is 29.6. The molecule has 8 heteroatoms. The van der Waals surface area contributed by atoms with E-state index < -0.39 is 11.5 Å². The van der Waals surface area contributed by atoms with Crippen LogP contribution in [0.25, 0.3) is 0 Å². The zero-order chi connectivity index (χ0) is 22.6. The fraction of sp³-hybridized carbons (Fsp3) is 0.417. The Morgan fingerprint density at radius 2 is 2.06 bits per heavy atom. The normalized spacial score (nSPS) is 26.1. The van der Waals surface area contributed by atoms with E-state index in [1.54, 1.807) is 32.4 Å². The van der Waals surface area contributed by atoms with Crippen LogP contribution in [-0.4, -0.2) is 43.5 Å². The maximum atomic E-state index is 13.8. The van der Waals surface area contributed by atoms with E-state index in [-0.39, 0.29) is 17.9 Å². The number of halogens is 1. The van der Waals surface area contributed by atoms with Gasteiger partial charge in [-0.25, -0.2) is 0 Å². The lowest BCUT2D eigenvalue weighted by atomic mass is 9.78. The van der Waals surface area contributed by atoms with Gasteiger partial charge in [0.15, 0.2) is 0 Å². The Balaban J connectivity index is 1.60. The van der Waals surface area contributed by atoms with E-state index in [2.05, 4.69) is 15.5 Å². The molecular weight excluding hydrogens is 430 g/mol. The van der Waals surface area contributed by atoms with E-state index in [4.69, 9.17) is 21.1 Å². The molecule has 32 heavy (non-hydrogen) atoms. The first-order chi connectivity index (χ1) is 15.4. The van der Waals surface area contributed by atoms with Gasteiger partial charge in [0.1, 0.15) is 17.0 Å². The average Bonchev–Trinajstić information content (AvgIpc) is 3.43. The third-order valence-electron chi connectivity index (χ3n) is 7.12. The number of ether oxygens (including phenoxy) is 2. The summed E-state index contributed by atoms with van der Waals surface area (Å²) < 4.78 is 10.7. The van der Waals surface area contributed by atoms with Crippen LogP contribution in [0.1, 0.15) is 30.4 Å². The zero-order valence-corrected chi connectivity index (χ0v) is 19.1. The molecule has 7 nitrogen and oxygen atoms in total. The largest absolute Gasteiger partial charge is 0.497 e. The summed E-state index contributed by atoms with van der Waals surface area (Å²) in [6.07, 6.45) is 2.58. The smallest absolute Gasteiger partial charge is 0.250 e. The van der Waals surface area contributed by atoms with Crippen molar-refractivity contribution in [2.75, 3.05) is 31.4 Å². The molecule has 0 unspecified atom stereocenters. The highest BCUT2D eigenvalue weighted by atomic mass is 35.5. The maximum absolute atomic E-state index is 13.8. The standard InChI is InChI=1S/C24H26ClN3O4/c1-13-9-14(25)10-17-21(13)27-23(30)24(17)18(11-15-5-4-8-28(15)24)22(29)26-19-12-16(31-2)6-7-20(19)32-3/h6-7,9-10,12,15,18H,4-5,8,11H2,1-3H3,(H,26,29)(H,27,30)/t15-,18+,24-/m1/s1. The Morgan fingerprint density at radius 3 is 2.81 bits per heavy atom. The first-order valence-electron chi connectivity index (χ1n) is 10.8. The summed E-state index contributed by atoms with van der Waals surface area (Å²) in [6, 6.07) is 9.10. The lowest BCUT2D eigenvalue weighted by molar-refractivity contribution is -0.135. The quantitative estimate of drug-likeness (QED) is 0.730. The van der Waals surface area contributed by atoms with Crippen molar-refractivity contribution in [3.05, 3.63) is 46.5 Å². The zero-order valence-electron chi connectivity index (χ0n) is 18.3. The molecule has 3 aliphatic rings. The molecule has 2 amide bonds. The van der Waals surface area contributed by atoms with Crippen molar-refractivity contribution < 1.29 is 19.1 Å². The molecular formula is C24H26ClN3O4. The SMILES string of the molecule is COc1ccc(OC)c(NC(=O)[C@@H]2C[C@H]3CCCN3[C@@]23C(=O)Nc2c(C)cc(Cl)cc23)c1. The van der Waals surface area contributed by atoms with Gasteiger partial charge in [0.25, 0.3) is 0 Å². The summed E-state index contributed by atoms with van der Waals surface area (Å²) >= 11 is 6.42. The van der Waals surface area contributed by atoms with Crippen LogP contribution in [0, 0.1) is 12.8 Å². The number of carbonyl (C=O) groups is 2. The highest BCUT2D eigenvalue weighted by Crippen LogP contribution is 2.56. The third kappa shape index (κ3) is 2.91. The number of hydrogen-bond donors (Lipinski definition) is 2. The van der Waals surface area contributed by atoms with Crippen LogP contribution >= 0.6 is 11.6 Å². The van der Waals surface area contributed by atoms with Crippen molar-refractivity contribution in [2.45, 2.75) is 37.8 Å². The Bertz CT molecular complexity index is 1120. The molecule has 0 aliphatic carbocycles. The second kappa shape index (κ2) is 7.67. The van der Waals surface area contributed by atoms with E-state index >= 15 is 0 Å². The van der Waals surface area contributed by atoms with E-state index in [0.29, 0.717) is 28.6 Å². The molecule has 3 heterocycles. The lowest BCUT2D eigenvalue weighted by Crippen LogP contribution is -2.53. The fourth-order valence-electron chi connectivity index (χ4n) is 5.79. The predicted octanol–water partition coefficient (Wildman–Crippen LogP) is 3.94. The topological polar surface area (TPSA) is 79.9 Å². The third-order valence-corrected chi connectivity index (χ3v) is 7.34. The summed E-state index contributed by atoms with van der Waals surface area (Å²) in [5, 5.41) is 6.64. The molecule has 2 saturated heterocycles. The number of anilines is 2. The van der Waals surface area contributed by atoms with Crippen molar-refractivity contribution in [3.63, 3.8) is 0 Å². The van der Waals surface area contributed by atoms with E-state index in [1.165, 1.54) is 0 Å². The highest BCUT2D eigenvalue weighted by Gasteiger charge is 2.65. The van der Waals surface area contributed by atoms with Crippen molar-refractivity contribution in [1.29, 1.82) is 0 Å². The van der Waals surface area contributed by atoms with Gasteiger partial charge in [-0.15, -0.1) is 0 Å². The Kier molecular flexibility index (Phi) is 5.06. The number of rotatable bonds is 4. The monoisotopic (exact) mass is 455 g/mol. The van der Waals surface area contributed by atoms with Crippen LogP contribution in [0.3, 0.4) is 0 Å². The summed E-state index contributed by atoms with van der Waals surface area (Å²) in [5.74, 6) is 0.200. The minimum atomic E-state index is -1.07. The molecule has 168 valence electrons. The summed E-state index contributed by atoms with van der Waals surface area (Å²) in [5.41, 5.74) is 1.91. The average molecular weight is 456 g/mol. The molecule has 3 aliphatic heterocycles. The molecule has 5 rings (SSSR count). The van der Waals surface area contributed by atoms with E-state index in [1.807, 2.05) is 19.1 Å². The van der Waals surface area contributed by atoms with Crippen molar-refractivity contribution in [1.82, 2.24) is 4.90 Å². The number of methoxy groups -OCH3 is 2. The highest BCUT2D eigenvalue weighted by molar-refractivity contribution is 6.31. The van der Waals surface area contributed by atoms with Crippen molar-refractivity contribution in [2.24, 2.45) is 5.92 Å². The van der Waals surface area contributed by atoms with Gasteiger partial charge in [0.05, 0.1) is 25.8 Å². The minimum Gasteiger partial charge on any atom is -0.497 e. The van der Waals surface area contributed by atoms with Gasteiger partial charge >= 0.3 is 0 Å². The van der Waals surface area contributed by atoms with Gasteiger partial charge in [-0.3, -0.25) is 14.5 Å².